The van der Waals surface area contributed by atoms with Crippen molar-refractivity contribution in [1.29, 1.82) is 0 Å². The second-order valence-electron chi connectivity index (χ2n) is 13.3. The third-order valence-electron chi connectivity index (χ3n) is 10.1. The minimum absolute atomic E-state index is 0.0288. The van der Waals surface area contributed by atoms with Crippen molar-refractivity contribution in [1.82, 2.24) is 5.32 Å². The van der Waals surface area contributed by atoms with Crippen molar-refractivity contribution in [3.8, 4) is 5.75 Å². The zero-order valence-corrected chi connectivity index (χ0v) is 30.0. The highest BCUT2D eigenvalue weighted by atomic mass is 79.9. The number of ether oxygens (including phenoxy) is 1. The summed E-state index contributed by atoms with van der Waals surface area (Å²) in [5, 5.41) is 13.6. The molecular weight excluding hydrogens is 736 g/mol. The third-order valence-corrected chi connectivity index (χ3v) is 10.8. The van der Waals surface area contributed by atoms with E-state index in [2.05, 4.69) is 50.4 Å². The van der Waals surface area contributed by atoms with Crippen LogP contribution in [0.4, 0.5) is 21.9 Å². The molecule has 0 aliphatic carbocycles. The number of halogens is 1. The molecule has 1 fully saturated rings. The Labute approximate surface area is 314 Å². The summed E-state index contributed by atoms with van der Waals surface area (Å²) in [5.74, 6) is -0.916. The van der Waals surface area contributed by atoms with Crippen LogP contribution in [-0.4, -0.2) is 35.9 Å². The first-order valence-electron chi connectivity index (χ1n) is 17.3. The number of anilines is 2. The van der Waals surface area contributed by atoms with Gasteiger partial charge in [-0.15, -0.1) is 0 Å². The smallest absolute Gasteiger partial charge is 0.335 e. The minimum atomic E-state index is -0.800. The molecule has 0 saturated carbocycles. The van der Waals surface area contributed by atoms with Crippen molar-refractivity contribution in [2.75, 3.05) is 22.9 Å². The van der Waals surface area contributed by atoms with Crippen molar-refractivity contribution in [2.45, 2.75) is 31.3 Å². The highest BCUT2D eigenvalue weighted by molar-refractivity contribution is 9.10. The molecule has 10 nitrogen and oxygen atoms in total. The lowest BCUT2D eigenvalue weighted by atomic mass is 9.76. The second-order valence-corrected chi connectivity index (χ2v) is 14.2. The first-order valence-corrected chi connectivity index (χ1v) is 18.1. The van der Waals surface area contributed by atoms with E-state index in [-0.39, 0.29) is 29.7 Å². The minimum Gasteiger partial charge on any atom is -0.488 e. The molecule has 264 valence electrons. The SMILES string of the molecule is O=C1NC(=O)N(c2cc3c4c(c2)[C@@H](c2ccccc2)CCN4CC[C@@H]3c2ccccc2)C(=O)/C1=C/c1ccc(OCc2cccc([N+](=O)[O-])c2)c(Br)c1. The Morgan fingerprint density at radius 1 is 0.811 bits per heavy atom. The molecule has 8 rings (SSSR count). The van der Waals surface area contributed by atoms with Crippen molar-refractivity contribution in [2.24, 2.45) is 0 Å². The van der Waals surface area contributed by atoms with Crippen LogP contribution in [-0.2, 0) is 16.2 Å². The van der Waals surface area contributed by atoms with Crippen molar-refractivity contribution in [3.63, 3.8) is 0 Å². The van der Waals surface area contributed by atoms with Crippen LogP contribution in [0.5, 0.6) is 5.75 Å². The van der Waals surface area contributed by atoms with Gasteiger partial charge in [0.15, 0.2) is 0 Å². The average Bonchev–Trinajstić information content (AvgIpc) is 3.17. The fraction of sp³-hybridized carbons (Fsp3) is 0.167. The number of nitrogens with zero attached hydrogens (tertiary/aromatic N) is 3. The molecule has 0 bridgehead atoms. The van der Waals surface area contributed by atoms with Gasteiger partial charge >= 0.3 is 6.03 Å². The van der Waals surface area contributed by atoms with Gasteiger partial charge in [0.25, 0.3) is 17.5 Å². The first-order chi connectivity index (χ1) is 25.7. The molecule has 0 spiro atoms. The molecule has 0 radical (unpaired) electrons. The van der Waals surface area contributed by atoms with Crippen molar-refractivity contribution < 1.29 is 24.0 Å². The second kappa shape index (κ2) is 14.2. The normalized spacial score (nSPS) is 18.8. The number of carbonyl (C=O) groups is 3. The number of urea groups is 1. The van der Waals surface area contributed by atoms with Gasteiger partial charge < -0.3 is 9.64 Å². The topological polar surface area (TPSA) is 122 Å². The van der Waals surface area contributed by atoms with Crippen molar-refractivity contribution in [3.05, 3.63) is 169 Å². The lowest BCUT2D eigenvalue weighted by Gasteiger charge is -2.44. The Morgan fingerprint density at radius 2 is 1.45 bits per heavy atom. The maximum absolute atomic E-state index is 14.3. The van der Waals surface area contributed by atoms with Crippen LogP contribution >= 0.6 is 15.9 Å². The Bertz CT molecular complexity index is 2240. The number of hydrogen-bond acceptors (Lipinski definition) is 7. The zero-order chi connectivity index (χ0) is 36.6. The molecule has 5 aromatic carbocycles. The summed E-state index contributed by atoms with van der Waals surface area (Å²) in [5.41, 5.74) is 6.96. The fourth-order valence-corrected chi connectivity index (χ4v) is 8.18. The first kappa shape index (κ1) is 34.0. The van der Waals surface area contributed by atoms with E-state index >= 15 is 0 Å². The van der Waals surface area contributed by atoms with E-state index in [1.54, 1.807) is 30.3 Å². The third kappa shape index (κ3) is 6.60. The number of rotatable bonds is 8. The quantitative estimate of drug-likeness (QED) is 0.0727. The van der Waals surface area contributed by atoms with E-state index in [1.807, 2.05) is 48.5 Å². The van der Waals surface area contributed by atoms with Gasteiger partial charge in [0.2, 0.25) is 0 Å². The fourth-order valence-electron chi connectivity index (χ4n) is 7.67. The van der Waals surface area contributed by atoms with Gasteiger partial charge in [-0.2, -0.15) is 0 Å². The molecule has 0 aromatic heterocycles. The summed E-state index contributed by atoms with van der Waals surface area (Å²) < 4.78 is 6.45. The number of carbonyl (C=O) groups excluding carboxylic acids is 3. The predicted octanol–water partition coefficient (Wildman–Crippen LogP) is 8.48. The molecule has 0 unspecified atom stereocenters. The summed E-state index contributed by atoms with van der Waals surface area (Å²) in [7, 11) is 0. The van der Waals surface area contributed by atoms with E-state index in [9.17, 15) is 24.5 Å². The van der Waals surface area contributed by atoms with Crippen LogP contribution in [0.25, 0.3) is 6.08 Å². The van der Waals surface area contributed by atoms with Crippen LogP contribution in [0.2, 0.25) is 0 Å². The van der Waals surface area contributed by atoms with Gasteiger partial charge in [0.1, 0.15) is 17.9 Å². The molecule has 1 N–H and O–H groups in total. The van der Waals surface area contributed by atoms with E-state index in [1.165, 1.54) is 29.3 Å². The Kier molecular flexibility index (Phi) is 9.09. The zero-order valence-electron chi connectivity index (χ0n) is 28.4. The van der Waals surface area contributed by atoms with Gasteiger partial charge in [0.05, 0.1) is 15.1 Å². The molecule has 4 amide bonds. The van der Waals surface area contributed by atoms with E-state index in [0.717, 1.165) is 47.6 Å². The van der Waals surface area contributed by atoms with E-state index < -0.39 is 22.8 Å². The molecule has 3 aliphatic heterocycles. The maximum atomic E-state index is 14.3. The maximum Gasteiger partial charge on any atom is 0.335 e. The number of hydrogen-bond donors (Lipinski definition) is 1. The van der Waals surface area contributed by atoms with Crippen LogP contribution < -0.4 is 19.9 Å². The summed E-state index contributed by atoms with van der Waals surface area (Å²) in [6.45, 7) is 1.90. The van der Waals surface area contributed by atoms with Crippen LogP contribution in [0.1, 0.15) is 58.1 Å². The highest BCUT2D eigenvalue weighted by Gasteiger charge is 2.40. The van der Waals surface area contributed by atoms with E-state index in [0.29, 0.717) is 27.0 Å². The molecule has 3 heterocycles. The van der Waals surface area contributed by atoms with Gasteiger partial charge in [-0.3, -0.25) is 25.0 Å². The molecule has 53 heavy (non-hydrogen) atoms. The molecule has 5 aromatic rings. The summed E-state index contributed by atoms with van der Waals surface area (Å²) in [6.07, 6.45) is 3.23. The Morgan fingerprint density at radius 3 is 2.06 bits per heavy atom. The number of amides is 4. The summed E-state index contributed by atoms with van der Waals surface area (Å²) >= 11 is 3.51. The number of non-ortho nitro benzene ring substituents is 1. The summed E-state index contributed by atoms with van der Waals surface area (Å²) in [4.78, 5) is 55.3. The lowest BCUT2D eigenvalue weighted by Crippen LogP contribution is -2.54. The standard InChI is InChI=1S/C42H33BrN4O6/c43-37-22-26(14-15-38(37)53-25-27-8-7-13-30(20-27)47(51)52)21-36-40(48)44-42(50)46(41(36)49)31-23-34-32(28-9-3-1-4-10-28)16-18-45-19-17-33(35(24-31)39(34)45)29-11-5-2-6-12-29/h1-15,20-24,32-33H,16-19,25H2,(H,44,48,50)/b36-21+/t32-,33-/m1/s1. The number of nitro benzene ring substituents is 1. The van der Waals surface area contributed by atoms with Gasteiger partial charge in [-0.1, -0.05) is 78.9 Å². The van der Waals surface area contributed by atoms with Crippen LogP contribution in [0.3, 0.4) is 0 Å². The summed E-state index contributed by atoms with van der Waals surface area (Å²) in [6, 6.07) is 35.0. The van der Waals surface area contributed by atoms with Crippen LogP contribution in [0, 0.1) is 10.1 Å². The Hall–Kier alpha value is -6.07. The van der Waals surface area contributed by atoms with Crippen LogP contribution in [0.15, 0.2) is 125 Å². The van der Waals surface area contributed by atoms with E-state index in [4.69, 9.17) is 4.74 Å². The molecule has 11 heteroatoms. The van der Waals surface area contributed by atoms with Gasteiger partial charge in [-0.25, -0.2) is 9.69 Å². The molecular formula is C42H33BrN4O6. The van der Waals surface area contributed by atoms with Gasteiger partial charge in [0, 0.05) is 42.7 Å². The number of benzene rings is 5. The average molecular weight is 770 g/mol. The molecule has 1 saturated heterocycles. The lowest BCUT2D eigenvalue weighted by molar-refractivity contribution is -0.384. The molecule has 3 aliphatic rings. The monoisotopic (exact) mass is 768 g/mol. The number of barbiturate groups is 1. The Balaban J connectivity index is 1.14. The van der Waals surface area contributed by atoms with Crippen molar-refractivity contribution >= 4 is 56.9 Å². The number of nitrogens with one attached hydrogen (secondary N) is 1. The number of nitro groups is 1. The highest BCUT2D eigenvalue weighted by Crippen LogP contribution is 2.50. The van der Waals surface area contributed by atoms with Gasteiger partial charge in [-0.05, 0) is 92.5 Å². The molecule has 2 atom stereocenters. The largest absolute Gasteiger partial charge is 0.488 e. The number of imide groups is 2. The predicted molar refractivity (Wildman–Crippen MR) is 205 cm³/mol.